The van der Waals surface area contributed by atoms with Crippen molar-refractivity contribution >= 4 is 0 Å². The monoisotopic (exact) mass is 217 g/mol. The molecular formula is C12H15N3O. The smallest absolute Gasteiger partial charge is 0.154 e. The third-order valence-electron chi connectivity index (χ3n) is 3.21. The van der Waals surface area contributed by atoms with Crippen LogP contribution in [0.4, 0.5) is 0 Å². The molecule has 1 N–H and O–H groups in total. The highest BCUT2D eigenvalue weighted by atomic mass is 16.3. The Morgan fingerprint density at radius 1 is 1.56 bits per heavy atom. The number of hydrogen-bond donors (Lipinski definition) is 1. The average Bonchev–Trinajstić information content (AvgIpc) is 2.96. The molecule has 0 radical (unpaired) electrons. The van der Waals surface area contributed by atoms with Crippen LogP contribution in [0.2, 0.25) is 0 Å². The van der Waals surface area contributed by atoms with Crippen molar-refractivity contribution in [2.75, 3.05) is 13.1 Å². The van der Waals surface area contributed by atoms with Gasteiger partial charge in [0.1, 0.15) is 5.69 Å². The quantitative estimate of drug-likeness (QED) is 0.837. The molecule has 3 heterocycles. The number of likely N-dealkylation sites (N-methyl/N-ethyl adjacent to an activating group) is 1. The van der Waals surface area contributed by atoms with Crippen LogP contribution in [0.3, 0.4) is 0 Å². The van der Waals surface area contributed by atoms with Crippen molar-refractivity contribution in [1.29, 1.82) is 0 Å². The standard InChI is InChI=1S/C12H15N3O/c1-2-15-6-5-10-9(8-15)12(14-13-10)11-4-3-7-16-11/h3-4,7H,2,5-6,8H2,1H3,(H,13,14). The van der Waals surface area contributed by atoms with E-state index in [1.165, 1.54) is 11.3 Å². The summed E-state index contributed by atoms with van der Waals surface area (Å²) in [5, 5.41) is 7.49. The van der Waals surface area contributed by atoms with Crippen LogP contribution in [0, 0.1) is 0 Å². The van der Waals surface area contributed by atoms with Crippen LogP contribution in [0.25, 0.3) is 11.5 Å². The second-order valence-corrected chi connectivity index (χ2v) is 4.13. The van der Waals surface area contributed by atoms with Crippen LogP contribution < -0.4 is 0 Å². The molecule has 0 aliphatic carbocycles. The molecule has 16 heavy (non-hydrogen) atoms. The largest absolute Gasteiger partial charge is 0.463 e. The van der Waals surface area contributed by atoms with Gasteiger partial charge in [-0.05, 0) is 18.7 Å². The van der Waals surface area contributed by atoms with Crippen LogP contribution in [-0.2, 0) is 13.0 Å². The van der Waals surface area contributed by atoms with E-state index in [9.17, 15) is 0 Å². The molecule has 0 spiro atoms. The number of aromatic amines is 1. The molecule has 0 fully saturated rings. The van der Waals surface area contributed by atoms with Crippen LogP contribution in [0.15, 0.2) is 22.8 Å². The Hall–Kier alpha value is -1.55. The first-order chi connectivity index (χ1) is 7.88. The lowest BCUT2D eigenvalue weighted by Crippen LogP contribution is -2.30. The van der Waals surface area contributed by atoms with Crippen molar-refractivity contribution in [1.82, 2.24) is 15.1 Å². The molecule has 0 atom stereocenters. The van der Waals surface area contributed by atoms with Crippen LogP contribution in [0.5, 0.6) is 0 Å². The van der Waals surface area contributed by atoms with Crippen molar-refractivity contribution in [3.05, 3.63) is 29.7 Å². The summed E-state index contributed by atoms with van der Waals surface area (Å²) >= 11 is 0. The fourth-order valence-corrected chi connectivity index (χ4v) is 2.24. The minimum atomic E-state index is 0.857. The van der Waals surface area contributed by atoms with Crippen molar-refractivity contribution < 1.29 is 4.42 Å². The highest BCUT2D eigenvalue weighted by molar-refractivity contribution is 5.58. The third kappa shape index (κ3) is 1.46. The SMILES string of the molecule is CCN1CCc2[nH]nc(-c3ccco3)c2C1. The molecule has 0 unspecified atom stereocenters. The molecule has 0 saturated carbocycles. The molecule has 1 aliphatic heterocycles. The Kier molecular flexibility index (Phi) is 2.29. The minimum absolute atomic E-state index is 0.857. The number of H-pyrrole nitrogens is 1. The van der Waals surface area contributed by atoms with Gasteiger partial charge in [0.25, 0.3) is 0 Å². The summed E-state index contributed by atoms with van der Waals surface area (Å²) in [5.41, 5.74) is 3.53. The van der Waals surface area contributed by atoms with E-state index in [0.29, 0.717) is 0 Å². The molecule has 3 rings (SSSR count). The zero-order chi connectivity index (χ0) is 11.0. The number of aromatic nitrogens is 2. The summed E-state index contributed by atoms with van der Waals surface area (Å²) in [6.07, 6.45) is 2.74. The summed E-state index contributed by atoms with van der Waals surface area (Å²) in [6, 6.07) is 3.86. The van der Waals surface area contributed by atoms with Gasteiger partial charge in [0, 0.05) is 30.8 Å². The normalized spacial score (nSPS) is 16.3. The van der Waals surface area contributed by atoms with Crippen LogP contribution in [-0.4, -0.2) is 28.2 Å². The Morgan fingerprint density at radius 2 is 2.50 bits per heavy atom. The van der Waals surface area contributed by atoms with Crippen LogP contribution >= 0.6 is 0 Å². The Balaban J connectivity index is 2.00. The predicted octanol–water partition coefficient (Wildman–Crippen LogP) is 2.05. The molecular weight excluding hydrogens is 202 g/mol. The summed E-state index contributed by atoms with van der Waals surface area (Å²) in [7, 11) is 0. The average molecular weight is 217 g/mol. The highest BCUT2D eigenvalue weighted by Crippen LogP contribution is 2.28. The Morgan fingerprint density at radius 3 is 3.25 bits per heavy atom. The van der Waals surface area contributed by atoms with Crippen molar-refractivity contribution in [2.45, 2.75) is 19.9 Å². The molecule has 2 aromatic rings. The maximum Gasteiger partial charge on any atom is 0.154 e. The van der Waals surface area contributed by atoms with E-state index >= 15 is 0 Å². The van der Waals surface area contributed by atoms with Gasteiger partial charge in [-0.25, -0.2) is 0 Å². The summed E-state index contributed by atoms with van der Waals surface area (Å²) in [4.78, 5) is 2.42. The lowest BCUT2D eigenvalue weighted by Gasteiger charge is -2.25. The summed E-state index contributed by atoms with van der Waals surface area (Å²) < 4.78 is 5.41. The van der Waals surface area contributed by atoms with E-state index in [-0.39, 0.29) is 0 Å². The number of hydrogen-bond acceptors (Lipinski definition) is 3. The molecule has 84 valence electrons. The van der Waals surface area contributed by atoms with E-state index in [0.717, 1.165) is 37.5 Å². The van der Waals surface area contributed by atoms with Gasteiger partial charge in [0.15, 0.2) is 5.76 Å². The predicted molar refractivity (Wildman–Crippen MR) is 60.9 cm³/mol. The zero-order valence-corrected chi connectivity index (χ0v) is 9.36. The second kappa shape index (κ2) is 3.79. The Bertz CT molecular complexity index is 472. The molecule has 1 aliphatic rings. The second-order valence-electron chi connectivity index (χ2n) is 4.13. The Labute approximate surface area is 94.3 Å². The molecule has 0 saturated heterocycles. The number of nitrogens with one attached hydrogen (secondary N) is 1. The lowest BCUT2D eigenvalue weighted by atomic mass is 10.0. The van der Waals surface area contributed by atoms with Gasteiger partial charge in [0.2, 0.25) is 0 Å². The van der Waals surface area contributed by atoms with Gasteiger partial charge in [0.05, 0.1) is 6.26 Å². The van der Waals surface area contributed by atoms with Gasteiger partial charge in [-0.1, -0.05) is 6.92 Å². The van der Waals surface area contributed by atoms with E-state index in [1.807, 2.05) is 12.1 Å². The summed E-state index contributed by atoms with van der Waals surface area (Å²) in [6.45, 7) is 5.36. The first-order valence-electron chi connectivity index (χ1n) is 5.71. The first kappa shape index (κ1) is 9.66. The van der Waals surface area contributed by atoms with Gasteiger partial charge >= 0.3 is 0 Å². The first-order valence-corrected chi connectivity index (χ1v) is 5.71. The topological polar surface area (TPSA) is 45.1 Å². The maximum absolute atomic E-state index is 5.41. The number of fused-ring (bicyclic) bond motifs is 1. The number of rotatable bonds is 2. The maximum atomic E-state index is 5.41. The van der Waals surface area contributed by atoms with Gasteiger partial charge in [-0.3, -0.25) is 10.00 Å². The van der Waals surface area contributed by atoms with Gasteiger partial charge in [-0.15, -0.1) is 0 Å². The van der Waals surface area contributed by atoms with Gasteiger partial charge < -0.3 is 4.42 Å². The van der Waals surface area contributed by atoms with Crippen molar-refractivity contribution in [3.63, 3.8) is 0 Å². The third-order valence-corrected chi connectivity index (χ3v) is 3.21. The fourth-order valence-electron chi connectivity index (χ4n) is 2.24. The minimum Gasteiger partial charge on any atom is -0.463 e. The number of furan rings is 1. The summed E-state index contributed by atoms with van der Waals surface area (Å²) in [5.74, 6) is 0.857. The van der Waals surface area contributed by atoms with Gasteiger partial charge in [-0.2, -0.15) is 5.10 Å². The van der Waals surface area contributed by atoms with E-state index in [4.69, 9.17) is 4.42 Å². The highest BCUT2D eigenvalue weighted by Gasteiger charge is 2.22. The van der Waals surface area contributed by atoms with E-state index < -0.39 is 0 Å². The molecule has 2 aromatic heterocycles. The zero-order valence-electron chi connectivity index (χ0n) is 9.36. The number of nitrogens with zero attached hydrogens (tertiary/aromatic N) is 2. The van der Waals surface area contributed by atoms with Crippen molar-refractivity contribution in [3.8, 4) is 11.5 Å². The lowest BCUT2D eigenvalue weighted by molar-refractivity contribution is 0.267. The van der Waals surface area contributed by atoms with E-state index in [2.05, 4.69) is 22.0 Å². The van der Waals surface area contributed by atoms with Crippen LogP contribution in [0.1, 0.15) is 18.2 Å². The van der Waals surface area contributed by atoms with E-state index in [1.54, 1.807) is 6.26 Å². The fraction of sp³-hybridized carbons (Fsp3) is 0.417. The molecule has 0 bridgehead atoms. The molecule has 4 nitrogen and oxygen atoms in total. The molecule has 0 aromatic carbocycles. The van der Waals surface area contributed by atoms with Crippen molar-refractivity contribution in [2.24, 2.45) is 0 Å². The molecule has 4 heteroatoms. The molecule has 0 amide bonds.